The number of H-pyrrole nitrogens is 1. The number of nitrogens with one attached hydrogen (secondary N) is 1. The Hall–Kier alpha value is -1.88. The molecule has 0 aromatic carbocycles. The third-order valence-corrected chi connectivity index (χ3v) is 3.02. The summed E-state index contributed by atoms with van der Waals surface area (Å²) in [6, 6.07) is 5.81. The van der Waals surface area contributed by atoms with Gasteiger partial charge in [-0.05, 0) is 39.7 Å². The van der Waals surface area contributed by atoms with Crippen molar-refractivity contribution in [2.45, 2.75) is 0 Å². The lowest BCUT2D eigenvalue weighted by Gasteiger charge is -2.00. The van der Waals surface area contributed by atoms with Crippen molar-refractivity contribution in [3.8, 4) is 11.1 Å². The van der Waals surface area contributed by atoms with Gasteiger partial charge in [-0.25, -0.2) is 9.97 Å². The average Bonchev–Trinajstić information content (AvgIpc) is 2.71. The summed E-state index contributed by atoms with van der Waals surface area (Å²) >= 11 is 3.42. The number of rotatable bonds is 1. The summed E-state index contributed by atoms with van der Waals surface area (Å²) in [4.78, 5) is 11.4. The van der Waals surface area contributed by atoms with Crippen molar-refractivity contribution in [3.05, 3.63) is 41.3 Å². The van der Waals surface area contributed by atoms with Crippen molar-refractivity contribution >= 4 is 32.8 Å². The number of aromatic nitrogens is 3. The highest BCUT2D eigenvalue weighted by Gasteiger charge is 2.07. The zero-order chi connectivity index (χ0) is 11.8. The molecule has 3 heterocycles. The second-order valence-electron chi connectivity index (χ2n) is 3.72. The molecule has 17 heavy (non-hydrogen) atoms. The molecule has 0 saturated heterocycles. The maximum Gasteiger partial charge on any atom is 0.137 e. The third kappa shape index (κ3) is 1.78. The van der Waals surface area contributed by atoms with E-state index in [-0.39, 0.29) is 0 Å². The molecule has 0 amide bonds. The van der Waals surface area contributed by atoms with Crippen molar-refractivity contribution in [3.63, 3.8) is 0 Å². The van der Waals surface area contributed by atoms with Crippen LogP contribution in [0, 0.1) is 0 Å². The van der Waals surface area contributed by atoms with Crippen molar-refractivity contribution in [2.24, 2.45) is 0 Å². The molecular weight excluding hydrogens is 280 g/mol. The number of anilines is 1. The van der Waals surface area contributed by atoms with Crippen LogP contribution in [0.1, 0.15) is 0 Å². The predicted octanol–water partition coefficient (Wildman–Crippen LogP) is 2.97. The van der Waals surface area contributed by atoms with Crippen LogP contribution in [0.4, 0.5) is 5.82 Å². The van der Waals surface area contributed by atoms with Gasteiger partial charge in [0.05, 0.1) is 0 Å². The van der Waals surface area contributed by atoms with E-state index in [0.717, 1.165) is 26.6 Å². The van der Waals surface area contributed by atoms with E-state index in [2.05, 4.69) is 30.9 Å². The van der Waals surface area contributed by atoms with Crippen LogP contribution >= 0.6 is 15.9 Å². The number of aromatic amines is 1. The fourth-order valence-electron chi connectivity index (χ4n) is 1.83. The third-order valence-electron chi connectivity index (χ3n) is 2.59. The summed E-state index contributed by atoms with van der Waals surface area (Å²) in [5, 5.41) is 1.06. The van der Waals surface area contributed by atoms with Gasteiger partial charge < -0.3 is 10.7 Å². The molecule has 0 aliphatic heterocycles. The molecule has 0 saturated carbocycles. The monoisotopic (exact) mass is 288 g/mol. The van der Waals surface area contributed by atoms with Crippen molar-refractivity contribution in [1.82, 2.24) is 15.0 Å². The minimum Gasteiger partial charge on any atom is -0.384 e. The Bertz CT molecular complexity index is 690. The SMILES string of the molecule is Nc1cc(-c2c[nH]c3ncc(Br)cc23)ccn1. The van der Waals surface area contributed by atoms with E-state index in [1.165, 1.54) is 0 Å². The Labute approximate surface area is 106 Å². The Balaban J connectivity index is 2.27. The van der Waals surface area contributed by atoms with Crippen LogP contribution in [0.15, 0.2) is 41.3 Å². The van der Waals surface area contributed by atoms with Crippen LogP contribution in [0.25, 0.3) is 22.2 Å². The summed E-state index contributed by atoms with van der Waals surface area (Å²) < 4.78 is 0.952. The minimum atomic E-state index is 0.514. The number of halogens is 1. The Morgan fingerprint density at radius 2 is 2.12 bits per heavy atom. The molecule has 4 nitrogen and oxygen atoms in total. The summed E-state index contributed by atoms with van der Waals surface area (Å²) in [6.07, 6.45) is 5.40. The van der Waals surface area contributed by atoms with Crippen molar-refractivity contribution in [1.29, 1.82) is 0 Å². The quantitative estimate of drug-likeness (QED) is 0.723. The minimum absolute atomic E-state index is 0.514. The van der Waals surface area contributed by atoms with Crippen molar-refractivity contribution in [2.75, 3.05) is 5.73 Å². The molecule has 0 atom stereocenters. The van der Waals surface area contributed by atoms with Crippen molar-refractivity contribution < 1.29 is 0 Å². The van der Waals surface area contributed by atoms with Gasteiger partial charge in [-0.1, -0.05) is 0 Å². The van der Waals surface area contributed by atoms with Crippen LogP contribution in [0.2, 0.25) is 0 Å². The normalized spacial score (nSPS) is 10.9. The zero-order valence-electron chi connectivity index (χ0n) is 8.81. The van der Waals surface area contributed by atoms with E-state index >= 15 is 0 Å². The molecule has 0 spiro atoms. The van der Waals surface area contributed by atoms with Gasteiger partial charge in [0.25, 0.3) is 0 Å². The first-order valence-electron chi connectivity index (χ1n) is 5.08. The van der Waals surface area contributed by atoms with E-state index < -0.39 is 0 Å². The summed E-state index contributed by atoms with van der Waals surface area (Å²) in [7, 11) is 0. The lowest BCUT2D eigenvalue weighted by Crippen LogP contribution is -1.88. The van der Waals surface area contributed by atoms with E-state index in [4.69, 9.17) is 5.73 Å². The van der Waals surface area contributed by atoms with Crippen LogP contribution in [0.5, 0.6) is 0 Å². The molecule has 3 aromatic heterocycles. The molecule has 0 unspecified atom stereocenters. The van der Waals surface area contributed by atoms with Gasteiger partial charge in [0, 0.05) is 34.0 Å². The molecule has 5 heteroatoms. The van der Waals surface area contributed by atoms with Gasteiger partial charge in [-0.15, -0.1) is 0 Å². The number of nitrogen functional groups attached to an aromatic ring is 1. The second-order valence-corrected chi connectivity index (χ2v) is 4.64. The summed E-state index contributed by atoms with van der Waals surface area (Å²) in [6.45, 7) is 0. The fourth-order valence-corrected chi connectivity index (χ4v) is 2.16. The van der Waals surface area contributed by atoms with Crippen LogP contribution in [-0.2, 0) is 0 Å². The zero-order valence-corrected chi connectivity index (χ0v) is 10.4. The predicted molar refractivity (Wildman–Crippen MR) is 71.4 cm³/mol. The lowest BCUT2D eigenvalue weighted by atomic mass is 10.1. The summed E-state index contributed by atoms with van der Waals surface area (Å²) in [5.41, 5.74) is 8.66. The molecule has 84 valence electrons. The molecule has 3 rings (SSSR count). The van der Waals surface area contributed by atoms with Gasteiger partial charge in [-0.3, -0.25) is 0 Å². The number of fused-ring (bicyclic) bond motifs is 1. The maximum atomic E-state index is 5.69. The summed E-state index contributed by atoms with van der Waals surface area (Å²) in [5.74, 6) is 0.514. The molecule has 0 radical (unpaired) electrons. The molecule has 0 fully saturated rings. The first-order valence-corrected chi connectivity index (χ1v) is 5.88. The molecule has 0 bridgehead atoms. The first-order chi connectivity index (χ1) is 8.24. The average molecular weight is 289 g/mol. The Morgan fingerprint density at radius 3 is 2.94 bits per heavy atom. The molecule has 3 N–H and O–H groups in total. The van der Waals surface area contributed by atoms with Crippen LogP contribution < -0.4 is 5.73 Å². The molecule has 0 aliphatic carbocycles. The van der Waals surface area contributed by atoms with Gasteiger partial charge >= 0.3 is 0 Å². The fraction of sp³-hybridized carbons (Fsp3) is 0. The van der Waals surface area contributed by atoms with E-state index in [9.17, 15) is 0 Å². The number of nitrogens with zero attached hydrogens (tertiary/aromatic N) is 2. The van der Waals surface area contributed by atoms with Gasteiger partial charge in [0.15, 0.2) is 0 Å². The largest absolute Gasteiger partial charge is 0.384 e. The number of hydrogen-bond acceptors (Lipinski definition) is 3. The highest BCUT2D eigenvalue weighted by atomic mass is 79.9. The van der Waals surface area contributed by atoms with E-state index in [1.807, 2.05) is 24.4 Å². The van der Waals surface area contributed by atoms with Gasteiger partial charge in [0.1, 0.15) is 11.5 Å². The van der Waals surface area contributed by atoms with E-state index in [0.29, 0.717) is 5.82 Å². The molecular formula is C12H9BrN4. The number of hydrogen-bond donors (Lipinski definition) is 2. The first kappa shape index (κ1) is 10.3. The van der Waals surface area contributed by atoms with Gasteiger partial charge in [0.2, 0.25) is 0 Å². The second kappa shape index (κ2) is 3.85. The number of nitrogens with two attached hydrogens (primary N) is 1. The maximum absolute atomic E-state index is 5.69. The van der Waals surface area contributed by atoms with Crippen LogP contribution in [-0.4, -0.2) is 15.0 Å². The molecule has 0 aliphatic rings. The van der Waals surface area contributed by atoms with Gasteiger partial charge in [-0.2, -0.15) is 0 Å². The molecule has 3 aromatic rings. The van der Waals surface area contributed by atoms with E-state index in [1.54, 1.807) is 12.4 Å². The Morgan fingerprint density at radius 1 is 1.24 bits per heavy atom. The number of pyridine rings is 2. The highest BCUT2D eigenvalue weighted by Crippen LogP contribution is 2.29. The van der Waals surface area contributed by atoms with Crippen LogP contribution in [0.3, 0.4) is 0 Å². The lowest BCUT2D eigenvalue weighted by molar-refractivity contribution is 1.31. The Kier molecular flexibility index (Phi) is 2.33. The standard InChI is InChI=1S/C12H9BrN4/c13-8-4-9-10(6-17-12(9)16-5-8)7-1-2-15-11(14)3-7/h1-6H,(H2,14,15)(H,16,17). The topological polar surface area (TPSA) is 67.6 Å². The highest BCUT2D eigenvalue weighted by molar-refractivity contribution is 9.10. The smallest absolute Gasteiger partial charge is 0.137 e.